The van der Waals surface area contributed by atoms with Crippen LogP contribution in [0.25, 0.3) is 10.4 Å². The molecule has 61 heavy (non-hydrogen) atoms. The number of likely N-dealkylation sites (N-methyl/N-ethyl adjacent to an activating group) is 1. The van der Waals surface area contributed by atoms with E-state index in [2.05, 4.69) is 16.9 Å². The van der Waals surface area contributed by atoms with Gasteiger partial charge in [-0.1, -0.05) is 64.1 Å². The highest BCUT2D eigenvalue weighted by Gasteiger charge is 2.52. The fourth-order valence-corrected chi connectivity index (χ4v) is 9.99. The molecule has 2 bridgehead atoms. The Morgan fingerprint density at radius 3 is 2.43 bits per heavy atom. The maximum absolute atomic E-state index is 13.9. The Morgan fingerprint density at radius 2 is 1.79 bits per heavy atom. The number of thiazole rings is 1. The molecule has 3 aliphatic heterocycles. The van der Waals surface area contributed by atoms with E-state index < -0.39 is 77.8 Å². The fraction of sp³-hybridized carbons (Fsp3) is 0.674. The van der Waals surface area contributed by atoms with E-state index in [-0.39, 0.29) is 50.8 Å². The van der Waals surface area contributed by atoms with E-state index in [1.807, 2.05) is 90.2 Å². The normalized spacial score (nSPS) is 37.6. The molecule has 340 valence electrons. The van der Waals surface area contributed by atoms with Crippen molar-refractivity contribution in [3.8, 4) is 10.4 Å². The molecule has 15 heteroatoms. The molecule has 0 aliphatic carbocycles. The first kappa shape index (κ1) is 48.8. The van der Waals surface area contributed by atoms with Gasteiger partial charge in [0, 0.05) is 30.6 Å². The Labute approximate surface area is 365 Å². The smallest absolute Gasteiger partial charge is 0.407 e. The summed E-state index contributed by atoms with van der Waals surface area (Å²) in [6.45, 7) is 19.1. The highest BCUT2D eigenvalue weighted by molar-refractivity contribution is 7.13. The van der Waals surface area contributed by atoms with Crippen LogP contribution in [0.4, 0.5) is 4.79 Å². The van der Waals surface area contributed by atoms with Gasteiger partial charge in [0.15, 0.2) is 6.29 Å². The average Bonchev–Trinajstić information content (AvgIpc) is 3.76. The molecule has 3 aliphatic rings. The number of nitrogens with zero attached hydrogens (tertiary/aromatic N) is 2. The molecule has 2 aromatic rings. The molecule has 3 saturated heterocycles. The largest absolute Gasteiger partial charge is 0.459 e. The van der Waals surface area contributed by atoms with Crippen LogP contribution < -0.4 is 5.32 Å². The van der Waals surface area contributed by atoms with Gasteiger partial charge >= 0.3 is 12.1 Å². The van der Waals surface area contributed by atoms with Gasteiger partial charge in [0.05, 0.1) is 59.5 Å². The minimum Gasteiger partial charge on any atom is -0.459 e. The van der Waals surface area contributed by atoms with Crippen molar-refractivity contribution in [2.45, 2.75) is 141 Å². The first-order chi connectivity index (χ1) is 28.8. The van der Waals surface area contributed by atoms with Crippen LogP contribution in [0, 0.1) is 23.7 Å². The van der Waals surface area contributed by atoms with Crippen LogP contribution in [0.1, 0.15) is 80.2 Å². The molecule has 0 saturated carbocycles. The van der Waals surface area contributed by atoms with Crippen LogP contribution in [0.2, 0.25) is 0 Å². The van der Waals surface area contributed by atoms with Crippen LogP contribution >= 0.6 is 11.3 Å². The number of aromatic nitrogens is 1. The number of carbonyl (C=O) groups is 2. The van der Waals surface area contributed by atoms with Crippen molar-refractivity contribution in [1.82, 2.24) is 15.2 Å². The van der Waals surface area contributed by atoms with Crippen molar-refractivity contribution in [2.75, 3.05) is 33.9 Å². The lowest BCUT2D eigenvalue weighted by Crippen LogP contribution is -2.60. The van der Waals surface area contributed by atoms with E-state index in [0.29, 0.717) is 18.4 Å². The minimum atomic E-state index is -1.71. The number of rotatable bonds is 9. The second-order valence-electron chi connectivity index (χ2n) is 18.0. The number of alkyl carbamates (subject to hydrolysis) is 1. The number of fused-ring (bicyclic) bond motifs is 5. The number of cyclic esters (lactones) is 1. The first-order valence-corrected chi connectivity index (χ1v) is 22.4. The number of amides is 1. The second-order valence-corrected chi connectivity index (χ2v) is 18.9. The maximum atomic E-state index is 13.9. The van der Waals surface area contributed by atoms with Crippen LogP contribution in [0.5, 0.6) is 0 Å². The summed E-state index contributed by atoms with van der Waals surface area (Å²) in [7, 11) is 3.79. The lowest BCUT2D eigenvalue weighted by Gasteiger charge is -2.48. The number of aliphatic hydroxyl groups excluding tert-OH is 2. The predicted molar refractivity (Wildman–Crippen MR) is 232 cm³/mol. The zero-order chi connectivity index (χ0) is 44.8. The molecule has 4 heterocycles. The summed E-state index contributed by atoms with van der Waals surface area (Å²) in [4.78, 5) is 34.1. The minimum absolute atomic E-state index is 0.0178. The third-order valence-corrected chi connectivity index (χ3v) is 13.7. The zero-order valence-corrected chi connectivity index (χ0v) is 38.4. The van der Waals surface area contributed by atoms with Crippen LogP contribution in [-0.2, 0) is 39.8 Å². The summed E-state index contributed by atoms with van der Waals surface area (Å²) in [6, 6.07) is 7.60. The van der Waals surface area contributed by atoms with E-state index in [9.17, 15) is 24.9 Å². The second kappa shape index (κ2) is 21.0. The number of benzene rings is 1. The van der Waals surface area contributed by atoms with E-state index in [4.69, 9.17) is 28.4 Å². The summed E-state index contributed by atoms with van der Waals surface area (Å²) in [6.07, 6.45) is -2.34. The summed E-state index contributed by atoms with van der Waals surface area (Å²) in [5, 5.41) is 38.9. The monoisotopic (exact) mass is 871 g/mol. The number of ether oxygens (including phenoxy) is 6. The summed E-state index contributed by atoms with van der Waals surface area (Å²) in [5.41, 5.74) is 2.21. The third-order valence-electron chi connectivity index (χ3n) is 12.9. The van der Waals surface area contributed by atoms with Crippen LogP contribution in [0.15, 0.2) is 59.8 Å². The van der Waals surface area contributed by atoms with E-state index in [0.717, 1.165) is 21.6 Å². The number of nitrogens with one attached hydrogen (secondary N) is 1. The molecule has 0 spiro atoms. The van der Waals surface area contributed by atoms with Crippen LogP contribution in [0.3, 0.4) is 0 Å². The molecule has 0 radical (unpaired) electrons. The molecule has 1 aromatic carbocycles. The van der Waals surface area contributed by atoms with Gasteiger partial charge in [-0.05, 0) is 89.7 Å². The Balaban J connectivity index is 1.51. The van der Waals surface area contributed by atoms with Gasteiger partial charge in [0.1, 0.15) is 24.4 Å². The molecule has 2 unspecified atom stereocenters. The number of esters is 1. The topological polar surface area (TPSA) is 178 Å². The molecule has 4 N–H and O–H groups in total. The number of hydrogen-bond donors (Lipinski definition) is 4. The average molecular weight is 872 g/mol. The quantitative estimate of drug-likeness (QED) is 0.174. The number of carbonyl (C=O) groups excluding carboxylic acids is 2. The summed E-state index contributed by atoms with van der Waals surface area (Å²) >= 11 is 1.56. The van der Waals surface area contributed by atoms with Crippen LogP contribution in [-0.4, -0.2) is 131 Å². The molecular weight excluding hydrogens is 803 g/mol. The standard InChI is InChI=1S/C46H69N3O11S/c1-12-37-46(9,54)41-29(5)34(17-18-55-44(53)48-21-32-13-15-33(16-14-32)36-22-47-25-61-36)27(3)20-45(8,57-24-26(2)23-56-41)40(30(6)38(50)31(7)42(52)59-37)60-43-39(51)35(49(10)11)19-28(4)58-43/h13-17,22,25,27-31,35,37-41,43,50-51,54H,2,12,18-21,23-24H2,1,3-11H3,(H,48,53)/b34-17+/t27-,28-,29+,30+,31-,35+,37-,38+,39-,40-,41?,43?,45-,46-/m1/s1. The molecule has 14 atom stereocenters. The van der Waals surface area contributed by atoms with Crippen molar-refractivity contribution in [1.29, 1.82) is 0 Å². The molecule has 3 fully saturated rings. The number of hydrogen-bond acceptors (Lipinski definition) is 14. The molecule has 5 rings (SSSR count). The van der Waals surface area contributed by atoms with E-state index >= 15 is 0 Å². The SMILES string of the molecule is C=C1COC2[C@@H](C)/C(=C/COC(=O)NCc3ccc(-c4cncs4)cc3)[C@H](C)C[C@@](C)(OC1)[C@H](OC1O[C@H](C)C[C@H](N(C)C)[C@H]1O)[C@@H](C)[C@H](O)[C@@H](C)C(=O)O[C@H](CC)[C@@]2(C)O. The zero-order valence-electron chi connectivity index (χ0n) is 37.5. The molecular formula is C46H69N3O11S. The lowest BCUT2D eigenvalue weighted by atomic mass is 9.72. The van der Waals surface area contributed by atoms with E-state index in [1.165, 1.54) is 0 Å². The molecule has 1 aromatic heterocycles. The fourth-order valence-electron chi connectivity index (χ4n) is 9.36. The van der Waals surface area contributed by atoms with Crippen molar-refractivity contribution < 1.29 is 53.3 Å². The van der Waals surface area contributed by atoms with Gasteiger partial charge < -0.3 is 54.0 Å². The summed E-state index contributed by atoms with van der Waals surface area (Å²) in [5.74, 6) is -3.31. The maximum Gasteiger partial charge on any atom is 0.407 e. The van der Waals surface area contributed by atoms with Gasteiger partial charge in [0.25, 0.3) is 0 Å². The Bertz CT molecular complexity index is 1790. The highest BCUT2D eigenvalue weighted by Crippen LogP contribution is 2.43. The van der Waals surface area contributed by atoms with Gasteiger partial charge in [-0.15, -0.1) is 11.3 Å². The first-order valence-electron chi connectivity index (χ1n) is 21.5. The van der Waals surface area contributed by atoms with Gasteiger partial charge in [0.2, 0.25) is 0 Å². The third kappa shape index (κ3) is 11.7. The highest BCUT2D eigenvalue weighted by atomic mass is 32.1. The van der Waals surface area contributed by atoms with Gasteiger partial charge in [-0.2, -0.15) is 0 Å². The molecule has 1 amide bonds. The predicted octanol–water partition coefficient (Wildman–Crippen LogP) is 5.89. The number of aliphatic hydroxyl groups is 3. The van der Waals surface area contributed by atoms with Gasteiger partial charge in [-0.25, -0.2) is 4.79 Å². The Kier molecular flexibility index (Phi) is 16.8. The Hall–Kier alpha value is -3.25. The Morgan fingerprint density at radius 1 is 1.08 bits per heavy atom. The summed E-state index contributed by atoms with van der Waals surface area (Å²) < 4.78 is 38.3. The lowest BCUT2D eigenvalue weighted by molar-refractivity contribution is -0.303. The molecule has 14 nitrogen and oxygen atoms in total. The van der Waals surface area contributed by atoms with Crippen molar-refractivity contribution in [3.63, 3.8) is 0 Å². The van der Waals surface area contributed by atoms with E-state index in [1.54, 1.807) is 37.6 Å². The van der Waals surface area contributed by atoms with Gasteiger partial charge in [-0.3, -0.25) is 9.78 Å². The van der Waals surface area contributed by atoms with Crippen molar-refractivity contribution in [2.24, 2.45) is 23.7 Å². The van der Waals surface area contributed by atoms with Crippen molar-refractivity contribution in [3.05, 3.63) is 65.3 Å². The van der Waals surface area contributed by atoms with Crippen molar-refractivity contribution >= 4 is 23.4 Å².